The molecule has 0 spiro atoms. The molecule has 2 atom stereocenters. The molecule has 0 saturated heterocycles. The Bertz CT molecular complexity index is 1520. The van der Waals surface area contributed by atoms with Gasteiger partial charge in [-0.2, -0.15) is 0 Å². The molecule has 4 aromatic rings. The van der Waals surface area contributed by atoms with Crippen molar-refractivity contribution in [3.8, 4) is 28.6 Å². The maximum atomic E-state index is 13.7. The van der Waals surface area contributed by atoms with Gasteiger partial charge in [0, 0.05) is 37.0 Å². The number of methoxy groups -OCH3 is 2. The first-order valence-corrected chi connectivity index (χ1v) is 13.8. The lowest BCUT2D eigenvalue weighted by molar-refractivity contribution is 0.0558. The normalized spacial score (nSPS) is 13.1. The SMILES string of the molecule is CCO[C@@H](c1ncc(Cl)cn1)[C@H](C)S(=O)(=O)Nc1nnc(-c2cncc(C)c2)n1-c1c(OC)cccc1OC. The van der Waals surface area contributed by atoms with Gasteiger partial charge in [-0.3, -0.25) is 14.3 Å². The van der Waals surface area contributed by atoms with Crippen LogP contribution in [0.3, 0.4) is 0 Å². The molecule has 12 nitrogen and oxygen atoms in total. The van der Waals surface area contributed by atoms with Crippen molar-refractivity contribution < 1.29 is 22.6 Å². The maximum Gasteiger partial charge on any atom is 0.243 e. The van der Waals surface area contributed by atoms with Crippen molar-refractivity contribution in [3.05, 3.63) is 65.5 Å². The summed E-state index contributed by atoms with van der Waals surface area (Å²) < 4.78 is 48.5. The molecule has 206 valence electrons. The molecule has 0 aliphatic carbocycles. The Labute approximate surface area is 231 Å². The van der Waals surface area contributed by atoms with Gasteiger partial charge >= 0.3 is 0 Å². The van der Waals surface area contributed by atoms with Crippen molar-refractivity contribution in [2.24, 2.45) is 0 Å². The number of sulfonamides is 1. The number of hydrogen-bond acceptors (Lipinski definition) is 10. The minimum absolute atomic E-state index is 0.0894. The lowest BCUT2D eigenvalue weighted by atomic mass is 10.2. The fourth-order valence-electron chi connectivity index (χ4n) is 3.93. The zero-order chi connectivity index (χ0) is 28.2. The van der Waals surface area contributed by atoms with E-state index < -0.39 is 21.4 Å². The Kier molecular flexibility index (Phi) is 8.63. The minimum atomic E-state index is -4.15. The van der Waals surface area contributed by atoms with E-state index in [0.717, 1.165) is 5.56 Å². The van der Waals surface area contributed by atoms with Crippen LogP contribution in [0.25, 0.3) is 17.1 Å². The fraction of sp³-hybridized carbons (Fsp3) is 0.320. The van der Waals surface area contributed by atoms with Crippen LogP contribution in [-0.4, -0.2) is 64.2 Å². The Morgan fingerprint density at radius 1 is 1.05 bits per heavy atom. The van der Waals surface area contributed by atoms with Gasteiger partial charge in [-0.25, -0.2) is 18.4 Å². The summed E-state index contributed by atoms with van der Waals surface area (Å²) in [5, 5.41) is 7.70. The molecule has 1 aromatic carbocycles. The third-order valence-corrected chi connectivity index (χ3v) is 7.70. The van der Waals surface area contributed by atoms with Crippen LogP contribution in [0, 0.1) is 6.92 Å². The Morgan fingerprint density at radius 3 is 2.31 bits per heavy atom. The van der Waals surface area contributed by atoms with Gasteiger partial charge in [-0.1, -0.05) is 17.7 Å². The molecule has 14 heteroatoms. The molecule has 0 radical (unpaired) electrons. The molecule has 0 amide bonds. The minimum Gasteiger partial charge on any atom is -0.494 e. The predicted molar refractivity (Wildman–Crippen MR) is 146 cm³/mol. The van der Waals surface area contributed by atoms with E-state index in [1.54, 1.807) is 37.5 Å². The molecule has 0 unspecified atom stereocenters. The molecule has 0 aliphatic rings. The molecule has 0 bridgehead atoms. The molecule has 0 fully saturated rings. The lowest BCUT2D eigenvalue weighted by Crippen LogP contribution is -2.34. The van der Waals surface area contributed by atoms with Crippen molar-refractivity contribution in [3.63, 3.8) is 0 Å². The second kappa shape index (κ2) is 11.9. The number of halogens is 1. The van der Waals surface area contributed by atoms with Gasteiger partial charge < -0.3 is 14.2 Å². The summed E-state index contributed by atoms with van der Waals surface area (Å²) in [5.41, 5.74) is 1.89. The van der Waals surface area contributed by atoms with Gasteiger partial charge in [0.05, 0.1) is 19.2 Å². The van der Waals surface area contributed by atoms with Crippen molar-refractivity contribution >= 4 is 27.6 Å². The fourth-order valence-corrected chi connectivity index (χ4v) is 5.13. The number of hydrogen-bond donors (Lipinski definition) is 1. The van der Waals surface area contributed by atoms with Gasteiger partial charge in [0.25, 0.3) is 0 Å². The third kappa shape index (κ3) is 5.95. The lowest BCUT2D eigenvalue weighted by Gasteiger charge is -2.23. The zero-order valence-corrected chi connectivity index (χ0v) is 23.6. The van der Waals surface area contributed by atoms with E-state index in [1.165, 1.54) is 38.1 Å². The number of nitrogens with one attached hydrogen (secondary N) is 1. The number of pyridine rings is 1. The first kappa shape index (κ1) is 28.2. The van der Waals surface area contributed by atoms with E-state index in [9.17, 15) is 8.42 Å². The Hall–Kier alpha value is -3.81. The summed E-state index contributed by atoms with van der Waals surface area (Å²) in [7, 11) is -1.15. The van der Waals surface area contributed by atoms with Crippen LogP contribution in [0.2, 0.25) is 5.02 Å². The smallest absolute Gasteiger partial charge is 0.243 e. The molecular formula is C25H28ClN7O5S. The number of aromatic nitrogens is 6. The van der Waals surface area contributed by atoms with Gasteiger partial charge in [-0.15, -0.1) is 10.2 Å². The van der Waals surface area contributed by atoms with Crippen LogP contribution in [0.5, 0.6) is 11.5 Å². The quantitative estimate of drug-likeness (QED) is 0.279. The molecular weight excluding hydrogens is 546 g/mol. The Morgan fingerprint density at radius 2 is 1.72 bits per heavy atom. The van der Waals surface area contributed by atoms with Crippen LogP contribution in [0.15, 0.2) is 49.1 Å². The predicted octanol–water partition coefficient (Wildman–Crippen LogP) is 4.01. The number of anilines is 1. The van der Waals surface area contributed by atoms with Gasteiger partial charge in [0.2, 0.25) is 16.0 Å². The molecule has 3 aromatic heterocycles. The second-order valence-corrected chi connectivity index (χ2v) is 10.9. The highest BCUT2D eigenvalue weighted by Gasteiger charge is 2.35. The molecule has 3 heterocycles. The summed E-state index contributed by atoms with van der Waals surface area (Å²) in [5.74, 6) is 1.23. The molecule has 4 rings (SSSR count). The summed E-state index contributed by atoms with van der Waals surface area (Å²) in [6, 6.07) is 7.06. The highest BCUT2D eigenvalue weighted by atomic mass is 35.5. The number of ether oxygens (including phenoxy) is 3. The van der Waals surface area contributed by atoms with E-state index in [1.807, 2.05) is 13.0 Å². The molecule has 1 N–H and O–H groups in total. The van der Waals surface area contributed by atoms with Crippen LogP contribution >= 0.6 is 11.6 Å². The van der Waals surface area contributed by atoms with E-state index in [0.29, 0.717) is 33.6 Å². The highest BCUT2D eigenvalue weighted by molar-refractivity contribution is 7.93. The van der Waals surface area contributed by atoms with Crippen LogP contribution in [0.4, 0.5) is 5.95 Å². The number of benzene rings is 1. The first-order chi connectivity index (χ1) is 18.7. The number of rotatable bonds is 11. The molecule has 0 saturated carbocycles. The standard InChI is InChI=1S/C25H28ClN7O5S/c1-6-38-22(23-28-13-18(26)14-29-23)16(3)39(34,35)32-25-31-30-24(17-10-15(2)11-27-12-17)33(25)21-19(36-4)8-7-9-20(21)37-5/h7-14,16,22H,6H2,1-5H3,(H,31,32)/t16-,22+/m0/s1. The average molecular weight is 574 g/mol. The van der Waals surface area contributed by atoms with Crippen LogP contribution < -0.4 is 14.2 Å². The van der Waals surface area contributed by atoms with E-state index in [-0.39, 0.29) is 18.4 Å². The van der Waals surface area contributed by atoms with Crippen molar-refractivity contribution in [1.29, 1.82) is 0 Å². The highest BCUT2D eigenvalue weighted by Crippen LogP contribution is 2.38. The van der Waals surface area contributed by atoms with Crippen molar-refractivity contribution in [2.45, 2.75) is 32.1 Å². The average Bonchev–Trinajstić information content (AvgIpc) is 3.33. The van der Waals surface area contributed by atoms with E-state index in [4.69, 9.17) is 25.8 Å². The first-order valence-electron chi connectivity index (χ1n) is 11.9. The third-order valence-electron chi connectivity index (χ3n) is 5.81. The summed E-state index contributed by atoms with van der Waals surface area (Å²) >= 11 is 5.92. The van der Waals surface area contributed by atoms with Gasteiger partial charge in [0.15, 0.2) is 11.6 Å². The molecule has 0 aliphatic heterocycles. The Balaban J connectivity index is 1.84. The van der Waals surface area contributed by atoms with Crippen LogP contribution in [0.1, 0.15) is 31.3 Å². The monoisotopic (exact) mass is 573 g/mol. The number of aryl methyl sites for hydroxylation is 1. The number of nitrogens with zero attached hydrogens (tertiary/aromatic N) is 6. The van der Waals surface area contributed by atoms with Gasteiger partial charge in [-0.05, 0) is 44.5 Å². The maximum absolute atomic E-state index is 13.7. The zero-order valence-electron chi connectivity index (χ0n) is 22.0. The summed E-state index contributed by atoms with van der Waals surface area (Å²) in [4.78, 5) is 12.6. The second-order valence-electron chi connectivity index (χ2n) is 8.43. The van der Waals surface area contributed by atoms with E-state index in [2.05, 4.69) is 29.9 Å². The van der Waals surface area contributed by atoms with Gasteiger partial charge in [0.1, 0.15) is 28.5 Å². The van der Waals surface area contributed by atoms with Crippen molar-refractivity contribution in [2.75, 3.05) is 25.5 Å². The van der Waals surface area contributed by atoms with E-state index >= 15 is 0 Å². The largest absolute Gasteiger partial charge is 0.494 e. The molecule has 39 heavy (non-hydrogen) atoms. The van der Waals surface area contributed by atoms with Crippen molar-refractivity contribution in [1.82, 2.24) is 29.7 Å². The topological polar surface area (TPSA) is 143 Å². The summed E-state index contributed by atoms with van der Waals surface area (Å²) in [6.07, 6.45) is 5.10. The number of para-hydroxylation sites is 1. The van der Waals surface area contributed by atoms with Crippen LogP contribution in [-0.2, 0) is 14.8 Å². The summed E-state index contributed by atoms with van der Waals surface area (Å²) in [6.45, 7) is 5.37.